The fourth-order valence-corrected chi connectivity index (χ4v) is 2.00. The summed E-state index contributed by atoms with van der Waals surface area (Å²) >= 11 is 0. The lowest BCUT2D eigenvalue weighted by atomic mass is 10.1. The topological polar surface area (TPSA) is 52.6 Å². The Labute approximate surface area is 112 Å². The first-order chi connectivity index (χ1) is 8.37. The van der Waals surface area contributed by atoms with E-state index in [0.29, 0.717) is 13.2 Å². The molecule has 0 fully saturated rings. The highest BCUT2D eigenvalue weighted by Crippen LogP contribution is 2.15. The first-order valence-electron chi connectivity index (χ1n) is 5.58. The zero-order valence-electron chi connectivity index (χ0n) is 10.5. The molecule has 102 valence electrons. The van der Waals surface area contributed by atoms with Gasteiger partial charge in [0, 0.05) is 10.7 Å². The van der Waals surface area contributed by atoms with Gasteiger partial charge in [0.2, 0.25) is 9.05 Å². The van der Waals surface area contributed by atoms with Crippen molar-refractivity contribution in [2.45, 2.75) is 13.8 Å². The Morgan fingerprint density at radius 1 is 1.06 bits per heavy atom. The summed E-state index contributed by atoms with van der Waals surface area (Å²) in [7, 11) is 1.57. The van der Waals surface area contributed by atoms with Crippen LogP contribution in [0.2, 0.25) is 0 Å². The number of halogens is 1. The number of hydrogen-bond donors (Lipinski definition) is 0. The lowest BCUT2D eigenvalue weighted by Gasteiger charge is -2.08. The summed E-state index contributed by atoms with van der Waals surface area (Å²) in [6, 6.07) is 5.95. The van der Waals surface area contributed by atoms with Gasteiger partial charge in [-0.2, -0.15) is 0 Å². The van der Waals surface area contributed by atoms with Crippen molar-refractivity contribution in [3.8, 4) is 5.75 Å². The second-order valence-corrected chi connectivity index (χ2v) is 6.92. The molecule has 0 saturated carbocycles. The Kier molecular flexibility index (Phi) is 5.91. The predicted octanol–water partition coefficient (Wildman–Crippen LogP) is 2.27. The summed E-state index contributed by atoms with van der Waals surface area (Å²) in [6.45, 7) is 4.80. The third kappa shape index (κ3) is 6.83. The molecule has 6 heteroatoms. The summed E-state index contributed by atoms with van der Waals surface area (Å²) in [5, 5.41) is 0. The number of aryl methyl sites for hydroxylation is 2. The molecular weight excluding hydrogens is 276 g/mol. The Bertz CT molecular complexity index is 465. The van der Waals surface area contributed by atoms with Crippen LogP contribution in [-0.2, 0) is 13.8 Å². The Morgan fingerprint density at radius 3 is 2.22 bits per heavy atom. The zero-order valence-corrected chi connectivity index (χ0v) is 12.1. The molecule has 18 heavy (non-hydrogen) atoms. The molecule has 0 aromatic heterocycles. The van der Waals surface area contributed by atoms with Crippen LogP contribution in [0.15, 0.2) is 18.2 Å². The van der Waals surface area contributed by atoms with Crippen LogP contribution in [0, 0.1) is 13.8 Å². The lowest BCUT2D eigenvalue weighted by molar-refractivity contribution is 0.111. The highest BCUT2D eigenvalue weighted by molar-refractivity contribution is 8.13. The van der Waals surface area contributed by atoms with Crippen LogP contribution in [0.1, 0.15) is 11.1 Å². The quantitative estimate of drug-likeness (QED) is 0.571. The van der Waals surface area contributed by atoms with Crippen molar-refractivity contribution in [1.29, 1.82) is 0 Å². The second-order valence-electron chi connectivity index (χ2n) is 4.03. The standard InChI is InChI=1S/C12H17ClO4S/c1-10-7-11(2)9-12(8-10)17-4-3-16-5-6-18(13,14)15/h7-9H,3-6H2,1-2H3. The van der Waals surface area contributed by atoms with E-state index in [1.807, 2.05) is 26.0 Å². The maximum Gasteiger partial charge on any atom is 0.234 e. The number of benzene rings is 1. The van der Waals surface area contributed by atoms with Gasteiger partial charge in [0.1, 0.15) is 12.4 Å². The fraction of sp³-hybridized carbons (Fsp3) is 0.500. The molecule has 0 aliphatic rings. The van der Waals surface area contributed by atoms with E-state index in [-0.39, 0.29) is 12.4 Å². The van der Waals surface area contributed by atoms with Crippen molar-refractivity contribution in [2.75, 3.05) is 25.6 Å². The molecule has 4 nitrogen and oxygen atoms in total. The summed E-state index contributed by atoms with van der Waals surface area (Å²) in [6.07, 6.45) is 0. The molecule has 0 aliphatic carbocycles. The monoisotopic (exact) mass is 292 g/mol. The van der Waals surface area contributed by atoms with Gasteiger partial charge < -0.3 is 9.47 Å². The summed E-state index contributed by atoms with van der Waals surface area (Å²) in [5.41, 5.74) is 2.28. The van der Waals surface area contributed by atoms with Crippen LogP contribution in [0.4, 0.5) is 0 Å². The Hall–Kier alpha value is -0.780. The molecule has 0 heterocycles. The van der Waals surface area contributed by atoms with Crippen LogP contribution < -0.4 is 4.74 Å². The molecule has 0 unspecified atom stereocenters. The third-order valence-electron chi connectivity index (χ3n) is 2.16. The van der Waals surface area contributed by atoms with Gasteiger partial charge in [-0.15, -0.1) is 0 Å². The van der Waals surface area contributed by atoms with Crippen LogP contribution in [0.25, 0.3) is 0 Å². The number of rotatable bonds is 7. The SMILES string of the molecule is Cc1cc(C)cc(OCCOCCS(=O)(=O)Cl)c1. The summed E-state index contributed by atoms with van der Waals surface area (Å²) in [4.78, 5) is 0. The van der Waals surface area contributed by atoms with E-state index in [2.05, 4.69) is 6.07 Å². The first-order valence-corrected chi connectivity index (χ1v) is 8.06. The average Bonchev–Trinajstić information content (AvgIpc) is 2.20. The highest BCUT2D eigenvalue weighted by atomic mass is 35.7. The van der Waals surface area contributed by atoms with Crippen molar-refractivity contribution >= 4 is 19.7 Å². The molecule has 1 aromatic rings. The minimum Gasteiger partial charge on any atom is -0.491 e. The van der Waals surface area contributed by atoms with Crippen molar-refractivity contribution < 1.29 is 17.9 Å². The van der Waals surface area contributed by atoms with Crippen molar-refractivity contribution in [3.63, 3.8) is 0 Å². The van der Waals surface area contributed by atoms with Crippen LogP contribution in [-0.4, -0.2) is 34.0 Å². The maximum absolute atomic E-state index is 10.6. The fourth-order valence-electron chi connectivity index (χ4n) is 1.50. The molecule has 0 amide bonds. The highest BCUT2D eigenvalue weighted by Gasteiger charge is 2.04. The van der Waals surface area contributed by atoms with E-state index in [4.69, 9.17) is 20.2 Å². The molecule has 0 N–H and O–H groups in total. The van der Waals surface area contributed by atoms with Gasteiger partial charge in [0.15, 0.2) is 0 Å². The molecule has 1 rings (SSSR count). The van der Waals surface area contributed by atoms with Crippen LogP contribution >= 0.6 is 10.7 Å². The van der Waals surface area contributed by atoms with E-state index in [0.717, 1.165) is 16.9 Å². The minimum absolute atomic E-state index is 0.0854. The normalized spacial score (nSPS) is 11.5. The Morgan fingerprint density at radius 2 is 1.67 bits per heavy atom. The average molecular weight is 293 g/mol. The number of hydrogen-bond acceptors (Lipinski definition) is 4. The minimum atomic E-state index is -3.47. The van der Waals surface area contributed by atoms with Gasteiger partial charge in [-0.05, 0) is 37.1 Å². The van der Waals surface area contributed by atoms with E-state index in [9.17, 15) is 8.42 Å². The largest absolute Gasteiger partial charge is 0.491 e. The van der Waals surface area contributed by atoms with Gasteiger partial charge >= 0.3 is 0 Å². The van der Waals surface area contributed by atoms with Gasteiger partial charge in [-0.1, -0.05) is 6.07 Å². The molecule has 1 aromatic carbocycles. The van der Waals surface area contributed by atoms with Gasteiger partial charge in [0.05, 0.1) is 19.0 Å². The number of ether oxygens (including phenoxy) is 2. The van der Waals surface area contributed by atoms with Gasteiger partial charge in [-0.3, -0.25) is 0 Å². The van der Waals surface area contributed by atoms with Gasteiger partial charge in [-0.25, -0.2) is 8.42 Å². The molecule has 0 saturated heterocycles. The zero-order chi connectivity index (χ0) is 13.6. The van der Waals surface area contributed by atoms with E-state index >= 15 is 0 Å². The first kappa shape index (κ1) is 15.3. The van der Waals surface area contributed by atoms with Gasteiger partial charge in [0.25, 0.3) is 0 Å². The van der Waals surface area contributed by atoms with Crippen molar-refractivity contribution in [1.82, 2.24) is 0 Å². The molecule has 0 atom stereocenters. The van der Waals surface area contributed by atoms with Crippen molar-refractivity contribution in [2.24, 2.45) is 0 Å². The van der Waals surface area contributed by atoms with E-state index < -0.39 is 9.05 Å². The molecule has 0 aliphatic heterocycles. The third-order valence-corrected chi connectivity index (χ3v) is 3.28. The molecule has 0 bridgehead atoms. The predicted molar refractivity (Wildman–Crippen MR) is 71.9 cm³/mol. The van der Waals surface area contributed by atoms with Crippen LogP contribution in [0.3, 0.4) is 0 Å². The molecule has 0 radical (unpaired) electrons. The molecule has 0 spiro atoms. The Balaban J connectivity index is 2.22. The summed E-state index contributed by atoms with van der Waals surface area (Å²) < 4.78 is 31.8. The smallest absolute Gasteiger partial charge is 0.234 e. The summed E-state index contributed by atoms with van der Waals surface area (Å²) in [5.74, 6) is 0.610. The lowest BCUT2D eigenvalue weighted by Crippen LogP contribution is -2.12. The van der Waals surface area contributed by atoms with E-state index in [1.54, 1.807) is 0 Å². The van der Waals surface area contributed by atoms with E-state index in [1.165, 1.54) is 0 Å². The maximum atomic E-state index is 10.6. The molecular formula is C12H17ClO4S. The second kappa shape index (κ2) is 6.97. The van der Waals surface area contributed by atoms with Crippen molar-refractivity contribution in [3.05, 3.63) is 29.3 Å². The van der Waals surface area contributed by atoms with Crippen LogP contribution in [0.5, 0.6) is 5.75 Å².